The van der Waals surface area contributed by atoms with Crippen molar-refractivity contribution in [2.75, 3.05) is 26.9 Å². The number of nitrogens with one attached hydrogen (secondary N) is 1. The van der Waals surface area contributed by atoms with Gasteiger partial charge in [-0.2, -0.15) is 0 Å². The number of hydrogen-bond acceptors (Lipinski definition) is 4. The van der Waals surface area contributed by atoms with Gasteiger partial charge in [-0.15, -0.1) is 0 Å². The Hall–Kier alpha value is -1.44. The molecule has 1 atom stereocenters. The Balaban J connectivity index is 2.48. The number of rotatable bonds is 9. The van der Waals surface area contributed by atoms with Crippen LogP contribution in [-0.4, -0.2) is 50.0 Å². The summed E-state index contributed by atoms with van der Waals surface area (Å²) in [6.07, 6.45) is 0.215. The molecule has 1 amide bonds. The maximum absolute atomic E-state index is 11.6. The van der Waals surface area contributed by atoms with Crippen molar-refractivity contribution in [3.63, 3.8) is 0 Å². The zero-order chi connectivity index (χ0) is 15.7. The third-order valence-electron chi connectivity index (χ3n) is 2.65. The quantitative estimate of drug-likeness (QED) is 0.647. The molecule has 2 N–H and O–H groups in total. The summed E-state index contributed by atoms with van der Waals surface area (Å²) in [6, 6.07) is 6.28. The van der Waals surface area contributed by atoms with Crippen LogP contribution < -0.4 is 5.32 Å². The minimum Gasteiger partial charge on any atom is -0.480 e. The van der Waals surface area contributed by atoms with E-state index in [0.29, 0.717) is 6.61 Å². The van der Waals surface area contributed by atoms with Gasteiger partial charge in [0.1, 0.15) is 12.6 Å². The highest BCUT2D eigenvalue weighted by molar-refractivity contribution is 9.10. The van der Waals surface area contributed by atoms with Crippen LogP contribution in [0.25, 0.3) is 0 Å². The van der Waals surface area contributed by atoms with Crippen LogP contribution in [0.2, 0.25) is 0 Å². The zero-order valence-corrected chi connectivity index (χ0v) is 13.3. The van der Waals surface area contributed by atoms with Crippen LogP contribution in [0.4, 0.5) is 0 Å². The van der Waals surface area contributed by atoms with Crippen LogP contribution in [-0.2, 0) is 25.5 Å². The van der Waals surface area contributed by atoms with Crippen LogP contribution in [0, 0.1) is 0 Å². The normalized spacial score (nSPS) is 11.9. The lowest BCUT2D eigenvalue weighted by molar-refractivity contribution is -0.142. The van der Waals surface area contributed by atoms with Crippen LogP contribution in [0.5, 0.6) is 0 Å². The highest BCUT2D eigenvalue weighted by Crippen LogP contribution is 2.12. The second-order valence-corrected chi connectivity index (χ2v) is 5.25. The molecule has 21 heavy (non-hydrogen) atoms. The van der Waals surface area contributed by atoms with Crippen molar-refractivity contribution in [1.29, 1.82) is 0 Å². The van der Waals surface area contributed by atoms with Crippen molar-refractivity contribution in [2.45, 2.75) is 12.5 Å². The molecular weight excluding hydrogens is 342 g/mol. The van der Waals surface area contributed by atoms with Crippen molar-refractivity contribution >= 4 is 27.8 Å². The molecule has 0 aliphatic rings. The molecule has 116 valence electrons. The Bertz CT molecular complexity index is 463. The van der Waals surface area contributed by atoms with E-state index in [1.807, 2.05) is 12.1 Å². The molecule has 0 radical (unpaired) electrons. The summed E-state index contributed by atoms with van der Waals surface area (Å²) in [5, 5.41) is 11.6. The van der Waals surface area contributed by atoms with Crippen molar-refractivity contribution in [3.8, 4) is 0 Å². The van der Waals surface area contributed by atoms with E-state index < -0.39 is 17.9 Å². The lowest BCUT2D eigenvalue weighted by Gasteiger charge is -2.14. The second kappa shape index (κ2) is 9.49. The standard InChI is InChI=1S/C14H18BrNO5/c1-20-6-7-21-9-13(17)16-12(14(18)19)8-10-2-4-11(15)5-3-10/h2-5,12H,6-9H2,1H3,(H,16,17)(H,18,19)/t12-/m0/s1. The molecule has 0 unspecified atom stereocenters. The maximum atomic E-state index is 11.6. The minimum absolute atomic E-state index is 0.187. The Morgan fingerprint density at radius 2 is 1.95 bits per heavy atom. The molecule has 0 saturated heterocycles. The summed E-state index contributed by atoms with van der Waals surface area (Å²) >= 11 is 3.31. The number of amides is 1. The number of carboxylic acids is 1. The average Bonchev–Trinajstić information content (AvgIpc) is 2.45. The predicted octanol–water partition coefficient (Wildman–Crippen LogP) is 1.22. The van der Waals surface area contributed by atoms with E-state index in [2.05, 4.69) is 21.2 Å². The first kappa shape index (κ1) is 17.6. The van der Waals surface area contributed by atoms with Gasteiger partial charge in [0.05, 0.1) is 13.2 Å². The first-order chi connectivity index (χ1) is 10.0. The van der Waals surface area contributed by atoms with Gasteiger partial charge in [-0.3, -0.25) is 4.79 Å². The minimum atomic E-state index is -1.08. The number of aliphatic carboxylic acids is 1. The van der Waals surface area contributed by atoms with Crippen LogP contribution in [0.1, 0.15) is 5.56 Å². The van der Waals surface area contributed by atoms with Gasteiger partial charge in [0.2, 0.25) is 5.91 Å². The molecule has 0 heterocycles. The third kappa shape index (κ3) is 7.22. The Morgan fingerprint density at radius 1 is 1.29 bits per heavy atom. The number of carbonyl (C=O) groups excluding carboxylic acids is 1. The number of methoxy groups -OCH3 is 1. The number of carbonyl (C=O) groups is 2. The van der Waals surface area contributed by atoms with E-state index >= 15 is 0 Å². The van der Waals surface area contributed by atoms with E-state index in [-0.39, 0.29) is 19.6 Å². The van der Waals surface area contributed by atoms with Gasteiger partial charge in [0.15, 0.2) is 0 Å². The van der Waals surface area contributed by atoms with E-state index in [4.69, 9.17) is 14.6 Å². The zero-order valence-electron chi connectivity index (χ0n) is 11.7. The van der Waals surface area contributed by atoms with Crippen LogP contribution in [0.15, 0.2) is 28.7 Å². The summed E-state index contributed by atoms with van der Waals surface area (Å²) in [5.74, 6) is -1.54. The number of ether oxygens (including phenoxy) is 2. The summed E-state index contributed by atoms with van der Waals surface area (Å²) in [4.78, 5) is 22.8. The average molecular weight is 360 g/mol. The van der Waals surface area contributed by atoms with Crippen LogP contribution >= 0.6 is 15.9 Å². The van der Waals surface area contributed by atoms with E-state index in [0.717, 1.165) is 10.0 Å². The fourth-order valence-corrected chi connectivity index (χ4v) is 1.86. The molecule has 1 aromatic rings. The fraction of sp³-hybridized carbons (Fsp3) is 0.429. The van der Waals surface area contributed by atoms with Crippen molar-refractivity contribution in [1.82, 2.24) is 5.32 Å². The number of halogens is 1. The van der Waals surface area contributed by atoms with Crippen molar-refractivity contribution in [2.24, 2.45) is 0 Å². The van der Waals surface area contributed by atoms with E-state index in [9.17, 15) is 9.59 Å². The van der Waals surface area contributed by atoms with Gasteiger partial charge < -0.3 is 19.9 Å². The van der Waals surface area contributed by atoms with Gasteiger partial charge >= 0.3 is 5.97 Å². The molecule has 0 aliphatic carbocycles. The van der Waals surface area contributed by atoms with E-state index in [1.165, 1.54) is 7.11 Å². The summed E-state index contributed by atoms with van der Waals surface area (Å²) < 4.78 is 10.7. The molecular formula is C14H18BrNO5. The monoisotopic (exact) mass is 359 g/mol. The lowest BCUT2D eigenvalue weighted by Crippen LogP contribution is -2.44. The number of benzene rings is 1. The first-order valence-electron chi connectivity index (χ1n) is 6.36. The molecule has 0 saturated carbocycles. The van der Waals surface area contributed by atoms with Gasteiger partial charge in [-0.25, -0.2) is 4.79 Å². The Morgan fingerprint density at radius 3 is 2.52 bits per heavy atom. The fourth-order valence-electron chi connectivity index (χ4n) is 1.60. The first-order valence-corrected chi connectivity index (χ1v) is 7.15. The molecule has 1 aromatic carbocycles. The molecule has 0 aliphatic heterocycles. The smallest absolute Gasteiger partial charge is 0.326 e. The van der Waals surface area contributed by atoms with Gasteiger partial charge in [0, 0.05) is 18.0 Å². The van der Waals surface area contributed by atoms with Crippen LogP contribution in [0.3, 0.4) is 0 Å². The molecule has 0 fully saturated rings. The SMILES string of the molecule is COCCOCC(=O)N[C@@H](Cc1ccc(Br)cc1)C(=O)O. The topological polar surface area (TPSA) is 84.9 Å². The molecule has 0 aromatic heterocycles. The number of hydrogen-bond donors (Lipinski definition) is 2. The van der Waals surface area contributed by atoms with Crippen molar-refractivity contribution < 1.29 is 24.2 Å². The maximum Gasteiger partial charge on any atom is 0.326 e. The van der Waals surface area contributed by atoms with Crippen molar-refractivity contribution in [3.05, 3.63) is 34.3 Å². The van der Waals surface area contributed by atoms with Gasteiger partial charge in [0.25, 0.3) is 0 Å². The second-order valence-electron chi connectivity index (χ2n) is 4.33. The molecule has 0 spiro atoms. The number of carboxylic acid groups (broad SMARTS) is 1. The van der Waals surface area contributed by atoms with E-state index in [1.54, 1.807) is 12.1 Å². The molecule has 1 rings (SSSR count). The highest BCUT2D eigenvalue weighted by Gasteiger charge is 2.20. The Kier molecular flexibility index (Phi) is 7.96. The predicted molar refractivity (Wildman–Crippen MR) is 80.1 cm³/mol. The Labute approximate surface area is 131 Å². The van der Waals surface area contributed by atoms with Gasteiger partial charge in [-0.05, 0) is 17.7 Å². The van der Waals surface area contributed by atoms with Gasteiger partial charge in [-0.1, -0.05) is 28.1 Å². The summed E-state index contributed by atoms with van der Waals surface area (Å²) in [7, 11) is 1.53. The summed E-state index contributed by atoms with van der Waals surface area (Å²) in [6.45, 7) is 0.483. The largest absolute Gasteiger partial charge is 0.480 e. The summed E-state index contributed by atoms with van der Waals surface area (Å²) in [5.41, 5.74) is 0.825. The third-order valence-corrected chi connectivity index (χ3v) is 3.18. The molecule has 0 bridgehead atoms. The lowest BCUT2D eigenvalue weighted by atomic mass is 10.1. The highest BCUT2D eigenvalue weighted by atomic mass is 79.9. The molecule has 7 heteroatoms. The molecule has 6 nitrogen and oxygen atoms in total.